The molecule has 0 radical (unpaired) electrons. The molecule has 0 unspecified atom stereocenters. The van der Waals surface area contributed by atoms with Gasteiger partial charge in [-0.15, -0.1) is 0 Å². The van der Waals surface area contributed by atoms with E-state index in [9.17, 15) is 4.79 Å². The summed E-state index contributed by atoms with van der Waals surface area (Å²) in [6.45, 7) is 11.1. The maximum Gasteiger partial charge on any atom is 0.159 e. The molecule has 0 bridgehead atoms. The number of amidine groups is 2. The fraction of sp³-hybridized carbons (Fsp3) is 0.423. The number of carbonyl (C=O) groups is 1. The van der Waals surface area contributed by atoms with Crippen LogP contribution >= 0.6 is 11.6 Å². The maximum absolute atomic E-state index is 10.7. The molecular weight excluding hydrogens is 422 g/mol. The van der Waals surface area contributed by atoms with Crippen LogP contribution in [0.15, 0.2) is 58.5 Å². The van der Waals surface area contributed by atoms with Crippen LogP contribution in [0.1, 0.15) is 50.0 Å². The Bertz CT molecular complexity index is 936. The van der Waals surface area contributed by atoms with Crippen molar-refractivity contribution >= 4 is 29.1 Å². The smallest absolute Gasteiger partial charge is 0.159 e. The molecule has 5 nitrogen and oxygen atoms in total. The normalized spacial score (nSPS) is 12.6. The van der Waals surface area contributed by atoms with Crippen molar-refractivity contribution in [2.75, 3.05) is 26.7 Å². The molecule has 1 aliphatic rings. The third kappa shape index (κ3) is 8.46. The first-order chi connectivity index (χ1) is 15.3. The molecule has 0 saturated carbocycles. The second-order valence-electron chi connectivity index (χ2n) is 8.19. The van der Waals surface area contributed by atoms with Crippen LogP contribution in [0.5, 0.6) is 5.75 Å². The predicted molar refractivity (Wildman–Crippen MR) is 135 cm³/mol. The van der Waals surface area contributed by atoms with Gasteiger partial charge in [-0.05, 0) is 61.2 Å². The Morgan fingerprint density at radius 2 is 1.91 bits per heavy atom. The van der Waals surface area contributed by atoms with Crippen LogP contribution in [0.3, 0.4) is 0 Å². The zero-order chi connectivity index (χ0) is 23.5. The first-order valence-electron chi connectivity index (χ1n) is 11.1. The Morgan fingerprint density at radius 3 is 2.50 bits per heavy atom. The van der Waals surface area contributed by atoms with E-state index in [-0.39, 0.29) is 5.78 Å². The van der Waals surface area contributed by atoms with Gasteiger partial charge in [-0.1, -0.05) is 44.5 Å². The van der Waals surface area contributed by atoms with Crippen molar-refractivity contribution in [1.82, 2.24) is 4.90 Å². The highest BCUT2D eigenvalue weighted by molar-refractivity contribution is 6.30. The highest BCUT2D eigenvalue weighted by Crippen LogP contribution is 2.15. The SMILES string of the molecule is CC(=O)c1ccc(Cl)cc1.CCCN(CC(C)C)C1=NC(Cc2cccc(OC)c2)=NC1. The minimum absolute atomic E-state index is 0.0664. The average Bonchev–Trinajstić information content (AvgIpc) is 3.22. The van der Waals surface area contributed by atoms with Gasteiger partial charge < -0.3 is 9.64 Å². The minimum atomic E-state index is 0.0664. The van der Waals surface area contributed by atoms with Crippen molar-refractivity contribution in [3.63, 3.8) is 0 Å². The number of rotatable bonds is 8. The highest BCUT2D eigenvalue weighted by atomic mass is 35.5. The number of ether oxygens (including phenoxy) is 1. The Balaban J connectivity index is 0.000000303. The second-order valence-corrected chi connectivity index (χ2v) is 8.63. The van der Waals surface area contributed by atoms with Crippen molar-refractivity contribution in [2.24, 2.45) is 15.9 Å². The van der Waals surface area contributed by atoms with Crippen molar-refractivity contribution < 1.29 is 9.53 Å². The average molecular weight is 456 g/mol. The van der Waals surface area contributed by atoms with Gasteiger partial charge in [0, 0.05) is 30.1 Å². The van der Waals surface area contributed by atoms with Crippen LogP contribution in [0.4, 0.5) is 0 Å². The lowest BCUT2D eigenvalue weighted by Gasteiger charge is -2.25. The molecule has 0 aromatic heterocycles. The first-order valence-corrected chi connectivity index (χ1v) is 11.5. The van der Waals surface area contributed by atoms with Crippen molar-refractivity contribution in [1.29, 1.82) is 0 Å². The van der Waals surface area contributed by atoms with E-state index in [4.69, 9.17) is 21.3 Å². The summed E-state index contributed by atoms with van der Waals surface area (Å²) in [6, 6.07) is 15.0. The number of benzene rings is 2. The Kier molecular flexibility index (Phi) is 10.4. The molecule has 6 heteroatoms. The Labute approximate surface area is 197 Å². The summed E-state index contributed by atoms with van der Waals surface area (Å²) >= 11 is 5.61. The predicted octanol–water partition coefficient (Wildman–Crippen LogP) is 5.96. The van der Waals surface area contributed by atoms with Gasteiger partial charge in [-0.2, -0.15) is 0 Å². The number of ketones is 1. The lowest BCUT2D eigenvalue weighted by atomic mass is 10.1. The number of nitrogens with zero attached hydrogens (tertiary/aromatic N) is 3. The van der Waals surface area contributed by atoms with Crippen LogP contribution in [-0.2, 0) is 6.42 Å². The molecular formula is C26H34ClN3O2. The molecule has 1 aliphatic heterocycles. The Hall–Kier alpha value is -2.66. The van der Waals surface area contributed by atoms with E-state index in [0.29, 0.717) is 23.0 Å². The highest BCUT2D eigenvalue weighted by Gasteiger charge is 2.17. The largest absolute Gasteiger partial charge is 0.497 e. The lowest BCUT2D eigenvalue weighted by Crippen LogP contribution is -2.35. The molecule has 0 fully saturated rings. The maximum atomic E-state index is 10.7. The number of aliphatic imine (C=N–C) groups is 2. The molecule has 0 aliphatic carbocycles. The van der Waals surface area contributed by atoms with Gasteiger partial charge in [0.2, 0.25) is 0 Å². The standard InChI is InChI=1S/C18H27N3O.C8H7ClO/c1-5-9-21(13-14(2)3)18-12-19-17(20-18)11-15-7-6-8-16(10-15)22-4;1-6(10)7-2-4-8(9)5-3-7/h6-8,10,14H,5,9,11-13H2,1-4H3;2-5H,1H3. The number of hydrogen-bond acceptors (Lipinski definition) is 5. The van der Waals surface area contributed by atoms with Gasteiger partial charge in [0.1, 0.15) is 17.4 Å². The third-order valence-electron chi connectivity index (χ3n) is 4.85. The molecule has 0 spiro atoms. The van der Waals surface area contributed by atoms with Gasteiger partial charge >= 0.3 is 0 Å². The number of methoxy groups -OCH3 is 1. The molecule has 32 heavy (non-hydrogen) atoms. The molecule has 0 N–H and O–H groups in total. The van der Waals surface area contributed by atoms with E-state index in [0.717, 1.165) is 43.4 Å². The van der Waals surface area contributed by atoms with Crippen molar-refractivity contribution in [3.05, 3.63) is 64.7 Å². The van der Waals surface area contributed by atoms with E-state index < -0.39 is 0 Å². The molecule has 2 aromatic rings. The van der Waals surface area contributed by atoms with E-state index in [1.54, 1.807) is 31.4 Å². The molecule has 1 heterocycles. The summed E-state index contributed by atoms with van der Waals surface area (Å²) in [5, 5.41) is 0.657. The van der Waals surface area contributed by atoms with Crippen LogP contribution in [0.25, 0.3) is 0 Å². The van der Waals surface area contributed by atoms with Gasteiger partial charge in [-0.3, -0.25) is 9.79 Å². The summed E-state index contributed by atoms with van der Waals surface area (Å²) in [7, 11) is 1.69. The number of halogens is 1. The monoisotopic (exact) mass is 455 g/mol. The summed E-state index contributed by atoms with van der Waals surface area (Å²) < 4.78 is 5.27. The summed E-state index contributed by atoms with van der Waals surface area (Å²) in [4.78, 5) is 22.5. The second kappa shape index (κ2) is 13.0. The van der Waals surface area contributed by atoms with Crippen LogP contribution in [0.2, 0.25) is 5.02 Å². The van der Waals surface area contributed by atoms with E-state index >= 15 is 0 Å². The van der Waals surface area contributed by atoms with Crippen LogP contribution in [0, 0.1) is 5.92 Å². The Morgan fingerprint density at radius 1 is 1.19 bits per heavy atom. The lowest BCUT2D eigenvalue weighted by molar-refractivity contribution is 0.101. The quantitative estimate of drug-likeness (QED) is 0.461. The molecule has 0 atom stereocenters. The van der Waals surface area contributed by atoms with Gasteiger partial charge in [-0.25, -0.2) is 4.99 Å². The van der Waals surface area contributed by atoms with Crippen LogP contribution < -0.4 is 4.74 Å². The molecule has 0 amide bonds. The third-order valence-corrected chi connectivity index (χ3v) is 5.10. The van der Waals surface area contributed by atoms with E-state index in [1.165, 1.54) is 12.5 Å². The first kappa shape index (κ1) is 25.6. The van der Waals surface area contributed by atoms with E-state index in [2.05, 4.69) is 36.7 Å². The number of carbonyl (C=O) groups excluding carboxylic acids is 1. The fourth-order valence-corrected chi connectivity index (χ4v) is 3.46. The molecule has 2 aromatic carbocycles. The zero-order valence-electron chi connectivity index (χ0n) is 19.8. The zero-order valence-corrected chi connectivity index (χ0v) is 20.5. The van der Waals surface area contributed by atoms with Crippen LogP contribution in [-0.4, -0.2) is 49.1 Å². The summed E-state index contributed by atoms with van der Waals surface area (Å²) in [5.41, 5.74) is 1.89. The number of Topliss-reactive ketones (excluding diaryl/α,β-unsaturated/α-hetero) is 1. The van der Waals surface area contributed by atoms with E-state index in [1.807, 2.05) is 18.2 Å². The minimum Gasteiger partial charge on any atom is -0.497 e. The number of hydrogen-bond donors (Lipinski definition) is 0. The summed E-state index contributed by atoms with van der Waals surface area (Å²) in [5.74, 6) is 3.63. The van der Waals surface area contributed by atoms with Crippen molar-refractivity contribution in [2.45, 2.75) is 40.5 Å². The van der Waals surface area contributed by atoms with Gasteiger partial charge in [0.25, 0.3) is 0 Å². The van der Waals surface area contributed by atoms with Gasteiger partial charge in [0.05, 0.1) is 13.7 Å². The van der Waals surface area contributed by atoms with Crippen molar-refractivity contribution in [3.8, 4) is 5.75 Å². The summed E-state index contributed by atoms with van der Waals surface area (Å²) in [6.07, 6.45) is 1.90. The fourth-order valence-electron chi connectivity index (χ4n) is 3.33. The molecule has 3 rings (SSSR count). The topological polar surface area (TPSA) is 54.3 Å². The molecule has 172 valence electrons. The molecule has 0 saturated heterocycles. The van der Waals surface area contributed by atoms with Gasteiger partial charge in [0.15, 0.2) is 5.78 Å².